The van der Waals surface area contributed by atoms with Crippen molar-refractivity contribution < 1.29 is 23.1 Å². The summed E-state index contributed by atoms with van der Waals surface area (Å²) in [7, 11) is -3.72. The van der Waals surface area contributed by atoms with Crippen LogP contribution in [-0.4, -0.2) is 49.1 Å². The lowest BCUT2D eigenvalue weighted by molar-refractivity contribution is -0.0640. The van der Waals surface area contributed by atoms with E-state index in [0.29, 0.717) is 12.2 Å². The van der Waals surface area contributed by atoms with Crippen LogP contribution in [0, 0.1) is 6.92 Å². The minimum absolute atomic E-state index is 0.00296. The predicted octanol–water partition coefficient (Wildman–Crippen LogP) is 1.49. The minimum atomic E-state index is -3.72. The van der Waals surface area contributed by atoms with E-state index in [1.54, 1.807) is 6.92 Å². The van der Waals surface area contributed by atoms with Gasteiger partial charge in [0.1, 0.15) is 0 Å². The summed E-state index contributed by atoms with van der Waals surface area (Å²) in [6.07, 6.45) is 0. The van der Waals surface area contributed by atoms with Crippen molar-refractivity contribution in [1.29, 1.82) is 0 Å². The van der Waals surface area contributed by atoms with Gasteiger partial charge in [0.2, 0.25) is 10.0 Å². The summed E-state index contributed by atoms with van der Waals surface area (Å²) in [4.78, 5) is 11.2. The molecule has 0 aromatic heterocycles. The lowest BCUT2D eigenvalue weighted by Crippen LogP contribution is -2.50. The Labute approximate surface area is 124 Å². The first kappa shape index (κ1) is 15.9. The molecule has 1 aliphatic rings. The number of carboxylic acid groups (broad SMARTS) is 1. The smallest absolute Gasteiger partial charge is 0.335 e. The van der Waals surface area contributed by atoms with E-state index < -0.39 is 21.6 Å². The van der Waals surface area contributed by atoms with Gasteiger partial charge in [-0.15, -0.1) is 0 Å². The highest BCUT2D eigenvalue weighted by Crippen LogP contribution is 2.25. The summed E-state index contributed by atoms with van der Waals surface area (Å²) in [5, 5.41) is 9.12. The molecule has 6 nitrogen and oxygen atoms in total. The van der Waals surface area contributed by atoms with Crippen LogP contribution >= 0.6 is 0 Å². The molecule has 1 aromatic rings. The lowest BCUT2D eigenvalue weighted by Gasteiger charge is -2.37. The van der Waals surface area contributed by atoms with Crippen LogP contribution in [0.4, 0.5) is 0 Å². The first-order chi connectivity index (χ1) is 9.63. The fraction of sp³-hybridized carbons (Fsp3) is 0.500. The number of nitrogens with zero attached hydrogens (tertiary/aromatic N) is 1. The summed E-state index contributed by atoms with van der Waals surface area (Å²) < 4.78 is 32.1. The second-order valence-corrected chi connectivity index (χ2v) is 7.67. The quantitative estimate of drug-likeness (QED) is 0.914. The van der Waals surface area contributed by atoms with Crippen molar-refractivity contribution in [1.82, 2.24) is 4.31 Å². The van der Waals surface area contributed by atoms with Gasteiger partial charge in [-0.05, 0) is 38.5 Å². The van der Waals surface area contributed by atoms with Gasteiger partial charge in [-0.3, -0.25) is 0 Å². The lowest BCUT2D eigenvalue weighted by atomic mass is 10.1. The van der Waals surface area contributed by atoms with Crippen molar-refractivity contribution in [2.45, 2.75) is 31.3 Å². The third-order valence-corrected chi connectivity index (χ3v) is 5.31. The number of carboxylic acids is 1. The highest BCUT2D eigenvalue weighted by molar-refractivity contribution is 7.89. The summed E-state index contributed by atoms with van der Waals surface area (Å²) in [5.74, 6) is -1.13. The van der Waals surface area contributed by atoms with Crippen LogP contribution in [0.1, 0.15) is 29.8 Å². The van der Waals surface area contributed by atoms with Gasteiger partial charge < -0.3 is 9.84 Å². The SMILES string of the molecule is Cc1ccc(S(=O)(=O)N2CCOC(C)(C)C2)cc1C(=O)O. The van der Waals surface area contributed by atoms with Gasteiger partial charge in [-0.1, -0.05) is 6.07 Å². The monoisotopic (exact) mass is 313 g/mol. The van der Waals surface area contributed by atoms with Crippen LogP contribution in [0.15, 0.2) is 23.1 Å². The van der Waals surface area contributed by atoms with E-state index >= 15 is 0 Å². The normalized spacial score (nSPS) is 19.4. The molecule has 1 fully saturated rings. The third-order valence-electron chi connectivity index (χ3n) is 3.47. The zero-order chi connectivity index (χ0) is 15.8. The Hall–Kier alpha value is -1.44. The topological polar surface area (TPSA) is 83.9 Å². The summed E-state index contributed by atoms with van der Waals surface area (Å²) in [6.45, 7) is 6.12. The summed E-state index contributed by atoms with van der Waals surface area (Å²) in [5.41, 5.74) is -0.0154. The van der Waals surface area contributed by atoms with Crippen molar-refractivity contribution in [3.05, 3.63) is 29.3 Å². The van der Waals surface area contributed by atoms with Crippen molar-refractivity contribution >= 4 is 16.0 Å². The van der Waals surface area contributed by atoms with Gasteiger partial charge in [0, 0.05) is 13.1 Å². The molecule has 1 aromatic carbocycles. The molecule has 0 radical (unpaired) electrons. The number of carbonyl (C=O) groups is 1. The van der Waals surface area contributed by atoms with Gasteiger partial charge in [0.05, 0.1) is 22.7 Å². The Morgan fingerprint density at radius 3 is 2.62 bits per heavy atom. The molecule has 0 saturated carbocycles. The molecule has 0 unspecified atom stereocenters. The second-order valence-electron chi connectivity index (χ2n) is 5.73. The van der Waals surface area contributed by atoms with E-state index in [9.17, 15) is 13.2 Å². The van der Waals surface area contributed by atoms with Crippen molar-refractivity contribution in [3.8, 4) is 0 Å². The average Bonchev–Trinajstić information content (AvgIpc) is 2.37. The first-order valence-corrected chi connectivity index (χ1v) is 8.05. The molecule has 0 bridgehead atoms. The van der Waals surface area contributed by atoms with Crippen LogP contribution in [0.2, 0.25) is 0 Å². The number of ether oxygens (including phenoxy) is 1. The van der Waals surface area contributed by atoms with Crippen molar-refractivity contribution in [2.24, 2.45) is 0 Å². The maximum atomic E-state index is 12.6. The number of rotatable bonds is 3. The van der Waals surface area contributed by atoms with E-state index in [1.807, 2.05) is 13.8 Å². The third kappa shape index (κ3) is 3.25. The molecule has 7 heteroatoms. The zero-order valence-electron chi connectivity index (χ0n) is 12.3. The molecule has 116 valence electrons. The number of hydrogen-bond acceptors (Lipinski definition) is 4. The molecule has 1 heterocycles. The Morgan fingerprint density at radius 2 is 2.05 bits per heavy atom. The van der Waals surface area contributed by atoms with Gasteiger partial charge in [-0.2, -0.15) is 4.31 Å². The Bertz CT molecular complexity index is 666. The second kappa shape index (κ2) is 5.40. The Morgan fingerprint density at radius 1 is 1.38 bits per heavy atom. The fourth-order valence-electron chi connectivity index (χ4n) is 2.32. The molecule has 1 aliphatic heterocycles. The van der Waals surface area contributed by atoms with Gasteiger partial charge >= 0.3 is 5.97 Å². The average molecular weight is 313 g/mol. The van der Waals surface area contributed by atoms with Crippen LogP contribution < -0.4 is 0 Å². The van der Waals surface area contributed by atoms with Gasteiger partial charge in [0.15, 0.2) is 0 Å². The number of aryl methyl sites for hydroxylation is 1. The number of benzene rings is 1. The molecule has 0 atom stereocenters. The number of aromatic carboxylic acids is 1. The predicted molar refractivity (Wildman–Crippen MR) is 76.9 cm³/mol. The molecule has 0 amide bonds. The van der Waals surface area contributed by atoms with Gasteiger partial charge in [0.25, 0.3) is 0 Å². The number of sulfonamides is 1. The Balaban J connectivity index is 2.40. The minimum Gasteiger partial charge on any atom is -0.478 e. The first-order valence-electron chi connectivity index (χ1n) is 6.61. The maximum Gasteiger partial charge on any atom is 0.335 e. The zero-order valence-corrected chi connectivity index (χ0v) is 13.1. The summed E-state index contributed by atoms with van der Waals surface area (Å²) >= 11 is 0. The molecule has 21 heavy (non-hydrogen) atoms. The molecule has 1 saturated heterocycles. The molecule has 0 aliphatic carbocycles. The van der Waals surface area contributed by atoms with Crippen molar-refractivity contribution in [2.75, 3.05) is 19.7 Å². The summed E-state index contributed by atoms with van der Waals surface area (Å²) in [6, 6.07) is 4.18. The molecular formula is C14H19NO5S. The highest BCUT2D eigenvalue weighted by Gasteiger charge is 2.35. The van der Waals surface area contributed by atoms with E-state index in [1.165, 1.54) is 22.5 Å². The van der Waals surface area contributed by atoms with E-state index in [0.717, 1.165) is 0 Å². The standard InChI is InChI=1S/C14H19NO5S/c1-10-4-5-11(8-12(10)13(16)17)21(18,19)15-6-7-20-14(2,3)9-15/h4-5,8H,6-7,9H2,1-3H3,(H,16,17). The number of hydrogen-bond donors (Lipinski definition) is 1. The number of morpholine rings is 1. The van der Waals surface area contributed by atoms with Crippen LogP contribution in [0.25, 0.3) is 0 Å². The van der Waals surface area contributed by atoms with Crippen LogP contribution in [0.3, 0.4) is 0 Å². The van der Waals surface area contributed by atoms with Crippen LogP contribution in [0.5, 0.6) is 0 Å². The van der Waals surface area contributed by atoms with E-state index in [-0.39, 0.29) is 23.5 Å². The molecule has 0 spiro atoms. The largest absolute Gasteiger partial charge is 0.478 e. The van der Waals surface area contributed by atoms with Crippen molar-refractivity contribution in [3.63, 3.8) is 0 Å². The van der Waals surface area contributed by atoms with E-state index in [4.69, 9.17) is 9.84 Å². The van der Waals surface area contributed by atoms with E-state index in [2.05, 4.69) is 0 Å². The maximum absolute atomic E-state index is 12.6. The van der Waals surface area contributed by atoms with Crippen LogP contribution in [-0.2, 0) is 14.8 Å². The molecule has 1 N–H and O–H groups in total. The fourth-order valence-corrected chi connectivity index (χ4v) is 3.92. The van der Waals surface area contributed by atoms with Gasteiger partial charge in [-0.25, -0.2) is 13.2 Å². The highest BCUT2D eigenvalue weighted by atomic mass is 32.2. The Kier molecular flexibility index (Phi) is 4.10. The molecule has 2 rings (SSSR count). The molecular weight excluding hydrogens is 294 g/mol.